The van der Waals surface area contributed by atoms with E-state index in [1.165, 1.54) is 0 Å². The Hall–Kier alpha value is -0.510. The number of aliphatic hydroxyl groups excluding tert-OH is 1. The summed E-state index contributed by atoms with van der Waals surface area (Å²) in [7, 11) is 0. The highest BCUT2D eigenvalue weighted by Gasteiger charge is 2.42. The van der Waals surface area contributed by atoms with E-state index in [4.69, 9.17) is 5.11 Å². The van der Waals surface area contributed by atoms with Crippen molar-refractivity contribution in [1.82, 2.24) is 0 Å². The van der Waals surface area contributed by atoms with Crippen LogP contribution in [0.5, 0.6) is 0 Å². The average molecular weight is 180 g/mol. The number of hydrogen-bond donors (Lipinski definition) is 1. The third-order valence-corrected chi connectivity index (χ3v) is 2.09. The SMILES string of the molecule is O[C@@H](C1CC=CCC1)C(F)(F)F. The number of hydrogen-bond acceptors (Lipinski definition) is 1. The third-order valence-electron chi connectivity index (χ3n) is 2.09. The fraction of sp³-hybridized carbons (Fsp3) is 0.750. The minimum atomic E-state index is -4.46. The predicted molar refractivity (Wildman–Crippen MR) is 38.5 cm³/mol. The van der Waals surface area contributed by atoms with Gasteiger partial charge in [-0.25, -0.2) is 0 Å². The fourth-order valence-corrected chi connectivity index (χ4v) is 1.37. The Labute approximate surface area is 68.9 Å². The van der Waals surface area contributed by atoms with E-state index >= 15 is 0 Å². The van der Waals surface area contributed by atoms with Crippen LogP contribution in [0.1, 0.15) is 19.3 Å². The molecule has 12 heavy (non-hydrogen) atoms. The number of allylic oxidation sites excluding steroid dienone is 2. The molecule has 0 bridgehead atoms. The molecule has 0 aliphatic heterocycles. The summed E-state index contributed by atoms with van der Waals surface area (Å²) in [6.45, 7) is 0. The van der Waals surface area contributed by atoms with E-state index in [-0.39, 0.29) is 0 Å². The average Bonchev–Trinajstić information content (AvgIpc) is 2.03. The molecule has 0 aromatic carbocycles. The molecule has 1 unspecified atom stereocenters. The first-order valence-corrected chi connectivity index (χ1v) is 3.91. The van der Waals surface area contributed by atoms with Gasteiger partial charge >= 0.3 is 6.18 Å². The summed E-state index contributed by atoms with van der Waals surface area (Å²) >= 11 is 0. The van der Waals surface area contributed by atoms with Gasteiger partial charge in [-0.3, -0.25) is 0 Å². The minimum Gasteiger partial charge on any atom is -0.383 e. The van der Waals surface area contributed by atoms with Gasteiger partial charge in [-0.1, -0.05) is 12.2 Å². The lowest BCUT2D eigenvalue weighted by molar-refractivity contribution is -0.219. The van der Waals surface area contributed by atoms with Gasteiger partial charge in [-0.2, -0.15) is 13.2 Å². The van der Waals surface area contributed by atoms with Crippen LogP contribution in [0.4, 0.5) is 13.2 Å². The number of alkyl halides is 3. The van der Waals surface area contributed by atoms with E-state index in [0.29, 0.717) is 19.3 Å². The molecule has 0 aromatic rings. The van der Waals surface area contributed by atoms with Crippen molar-refractivity contribution < 1.29 is 18.3 Å². The van der Waals surface area contributed by atoms with Gasteiger partial charge in [0.15, 0.2) is 6.10 Å². The number of halogens is 3. The maximum atomic E-state index is 12.0. The summed E-state index contributed by atoms with van der Waals surface area (Å²) in [6, 6.07) is 0. The van der Waals surface area contributed by atoms with Gasteiger partial charge < -0.3 is 5.11 Å². The maximum Gasteiger partial charge on any atom is 0.414 e. The molecule has 1 N–H and O–H groups in total. The molecule has 0 radical (unpaired) electrons. The first-order chi connectivity index (χ1) is 5.52. The molecule has 1 rings (SSSR count). The van der Waals surface area contributed by atoms with E-state index in [9.17, 15) is 13.2 Å². The predicted octanol–water partition coefficient (Wildman–Crippen LogP) is 2.27. The molecule has 0 aromatic heterocycles. The quantitative estimate of drug-likeness (QED) is 0.613. The standard InChI is InChI=1S/C8H11F3O/c9-8(10,11)7(12)6-4-2-1-3-5-6/h1-2,6-7,12H,3-5H2/t6?,7-/m0/s1. The molecule has 0 heterocycles. The molecule has 0 saturated heterocycles. The molecule has 2 atom stereocenters. The number of aliphatic hydroxyl groups is 1. The second-order valence-corrected chi connectivity index (χ2v) is 3.03. The lowest BCUT2D eigenvalue weighted by Crippen LogP contribution is -2.36. The van der Waals surface area contributed by atoms with Crippen LogP contribution in [0, 0.1) is 5.92 Å². The van der Waals surface area contributed by atoms with Crippen molar-refractivity contribution in [3.8, 4) is 0 Å². The molecule has 1 aliphatic rings. The number of rotatable bonds is 1. The Kier molecular flexibility index (Phi) is 2.77. The van der Waals surface area contributed by atoms with E-state index in [2.05, 4.69) is 0 Å². The molecule has 0 spiro atoms. The van der Waals surface area contributed by atoms with E-state index < -0.39 is 18.2 Å². The molecule has 0 saturated carbocycles. The second kappa shape index (κ2) is 3.47. The topological polar surface area (TPSA) is 20.2 Å². The molecule has 0 amide bonds. The summed E-state index contributed by atoms with van der Waals surface area (Å²) in [5, 5.41) is 8.85. The van der Waals surface area contributed by atoms with Crippen LogP contribution in [-0.4, -0.2) is 17.4 Å². The van der Waals surface area contributed by atoms with Crippen LogP contribution in [0.15, 0.2) is 12.2 Å². The highest BCUT2D eigenvalue weighted by molar-refractivity contribution is 4.93. The first-order valence-electron chi connectivity index (χ1n) is 3.91. The van der Waals surface area contributed by atoms with Gasteiger partial charge in [0.1, 0.15) is 0 Å². The first kappa shape index (κ1) is 9.58. The Balaban J connectivity index is 2.52. The maximum absolute atomic E-state index is 12.0. The smallest absolute Gasteiger partial charge is 0.383 e. The minimum absolute atomic E-state index is 0.334. The van der Waals surface area contributed by atoms with Crippen LogP contribution in [0.2, 0.25) is 0 Å². The van der Waals surface area contributed by atoms with Crippen molar-refractivity contribution in [3.63, 3.8) is 0 Å². The van der Waals surface area contributed by atoms with Crippen LogP contribution in [-0.2, 0) is 0 Å². The lowest BCUT2D eigenvalue weighted by atomic mass is 9.89. The summed E-state index contributed by atoms with van der Waals surface area (Å²) in [4.78, 5) is 0. The Morgan fingerprint density at radius 1 is 1.33 bits per heavy atom. The van der Waals surface area contributed by atoms with Gasteiger partial charge in [0.25, 0.3) is 0 Å². The molecule has 1 aliphatic carbocycles. The van der Waals surface area contributed by atoms with Gasteiger partial charge in [0, 0.05) is 0 Å². The Morgan fingerprint density at radius 2 is 2.00 bits per heavy atom. The monoisotopic (exact) mass is 180 g/mol. The summed E-state index contributed by atoms with van der Waals surface area (Å²) < 4.78 is 35.9. The molecule has 4 heteroatoms. The lowest BCUT2D eigenvalue weighted by Gasteiger charge is -2.25. The largest absolute Gasteiger partial charge is 0.414 e. The van der Waals surface area contributed by atoms with Crippen molar-refractivity contribution in [2.75, 3.05) is 0 Å². The van der Waals surface area contributed by atoms with E-state index in [1.807, 2.05) is 6.08 Å². The molecule has 1 nitrogen and oxygen atoms in total. The zero-order valence-electron chi connectivity index (χ0n) is 6.51. The fourth-order valence-electron chi connectivity index (χ4n) is 1.37. The van der Waals surface area contributed by atoms with Gasteiger partial charge in [-0.15, -0.1) is 0 Å². The Morgan fingerprint density at radius 3 is 2.42 bits per heavy atom. The van der Waals surface area contributed by atoms with Gasteiger partial charge in [0.2, 0.25) is 0 Å². The summed E-state index contributed by atoms with van der Waals surface area (Å²) in [5.41, 5.74) is 0. The zero-order chi connectivity index (χ0) is 9.19. The van der Waals surface area contributed by atoms with Crippen LogP contribution in [0.25, 0.3) is 0 Å². The van der Waals surface area contributed by atoms with Gasteiger partial charge in [-0.05, 0) is 25.2 Å². The van der Waals surface area contributed by atoms with Crippen molar-refractivity contribution in [1.29, 1.82) is 0 Å². The zero-order valence-corrected chi connectivity index (χ0v) is 6.51. The summed E-state index contributed by atoms with van der Waals surface area (Å²) in [5.74, 6) is -0.644. The third kappa shape index (κ3) is 2.24. The normalized spacial score (nSPS) is 27.2. The van der Waals surface area contributed by atoms with Gasteiger partial charge in [0.05, 0.1) is 0 Å². The van der Waals surface area contributed by atoms with Crippen molar-refractivity contribution in [3.05, 3.63) is 12.2 Å². The van der Waals surface area contributed by atoms with E-state index in [1.54, 1.807) is 6.08 Å². The van der Waals surface area contributed by atoms with Crippen LogP contribution in [0.3, 0.4) is 0 Å². The van der Waals surface area contributed by atoms with Crippen LogP contribution < -0.4 is 0 Å². The highest BCUT2D eigenvalue weighted by atomic mass is 19.4. The molecule has 70 valence electrons. The summed E-state index contributed by atoms with van der Waals surface area (Å²) in [6.07, 6.45) is -1.67. The van der Waals surface area contributed by atoms with Crippen molar-refractivity contribution >= 4 is 0 Å². The molecule has 0 fully saturated rings. The van der Waals surface area contributed by atoms with Crippen molar-refractivity contribution in [2.45, 2.75) is 31.5 Å². The van der Waals surface area contributed by atoms with E-state index in [0.717, 1.165) is 0 Å². The Bertz CT molecular complexity index is 174. The van der Waals surface area contributed by atoms with Crippen molar-refractivity contribution in [2.24, 2.45) is 5.92 Å². The highest BCUT2D eigenvalue weighted by Crippen LogP contribution is 2.31. The second-order valence-electron chi connectivity index (χ2n) is 3.03. The van der Waals surface area contributed by atoms with Crippen LogP contribution >= 0.6 is 0 Å². The molecular formula is C8H11F3O. The molecular weight excluding hydrogens is 169 g/mol.